The Morgan fingerprint density at radius 1 is 1.28 bits per heavy atom. The molecule has 2 amide bonds. The third-order valence-corrected chi connectivity index (χ3v) is 4.91. The van der Waals surface area contributed by atoms with Crippen molar-refractivity contribution in [3.05, 3.63) is 35.9 Å². The van der Waals surface area contributed by atoms with Crippen molar-refractivity contribution in [1.29, 1.82) is 0 Å². The monoisotopic (exact) mass is 347 g/mol. The van der Waals surface area contributed by atoms with Crippen molar-refractivity contribution < 1.29 is 14.7 Å². The molecular weight excluding hydrogens is 318 g/mol. The van der Waals surface area contributed by atoms with Crippen molar-refractivity contribution in [2.45, 2.75) is 31.7 Å². The summed E-state index contributed by atoms with van der Waals surface area (Å²) < 4.78 is 0. The van der Waals surface area contributed by atoms with Gasteiger partial charge in [0.05, 0.1) is 0 Å². The number of aliphatic carboxylic acids is 1. The number of likely N-dealkylation sites (tertiary alicyclic amines) is 1. The first-order valence-electron chi connectivity index (χ1n) is 8.92. The maximum atomic E-state index is 12.4. The highest BCUT2D eigenvalue weighted by molar-refractivity contribution is 5.74. The zero-order valence-electron chi connectivity index (χ0n) is 15.1. The molecule has 2 N–H and O–H groups in total. The molecule has 1 saturated heterocycles. The summed E-state index contributed by atoms with van der Waals surface area (Å²) in [6, 6.07) is 10.4. The molecule has 2 rings (SSSR count). The summed E-state index contributed by atoms with van der Waals surface area (Å²) in [7, 11) is 4.04. The number of hydrogen-bond donors (Lipinski definition) is 2. The molecular formula is C19H29N3O3. The van der Waals surface area contributed by atoms with Crippen LogP contribution in [0.2, 0.25) is 0 Å². The van der Waals surface area contributed by atoms with Crippen molar-refractivity contribution in [3.8, 4) is 0 Å². The molecule has 1 heterocycles. The van der Waals surface area contributed by atoms with Gasteiger partial charge in [0.15, 0.2) is 0 Å². The average Bonchev–Trinajstić information content (AvgIpc) is 2.60. The predicted molar refractivity (Wildman–Crippen MR) is 97.6 cm³/mol. The Morgan fingerprint density at radius 2 is 2.00 bits per heavy atom. The second-order valence-corrected chi connectivity index (χ2v) is 6.93. The summed E-state index contributed by atoms with van der Waals surface area (Å²) in [6.45, 7) is 1.94. The van der Waals surface area contributed by atoms with Crippen molar-refractivity contribution in [2.75, 3.05) is 33.7 Å². The minimum absolute atomic E-state index is 0.0477. The van der Waals surface area contributed by atoms with Gasteiger partial charge in [-0.2, -0.15) is 0 Å². The number of piperidine rings is 1. The SMILES string of the molecule is CN(C)[C@@H]1CCN(C(=O)NCCc2ccccc2)C[C@@H]1CCC(=O)O. The number of urea groups is 1. The van der Waals surface area contributed by atoms with Crippen LogP contribution < -0.4 is 5.32 Å². The lowest BCUT2D eigenvalue weighted by atomic mass is 9.87. The molecule has 1 aliphatic heterocycles. The van der Waals surface area contributed by atoms with Gasteiger partial charge < -0.3 is 20.2 Å². The lowest BCUT2D eigenvalue weighted by Gasteiger charge is -2.41. The number of carbonyl (C=O) groups excluding carboxylic acids is 1. The molecule has 0 aromatic heterocycles. The largest absolute Gasteiger partial charge is 0.481 e. The fourth-order valence-electron chi connectivity index (χ4n) is 3.55. The summed E-state index contributed by atoms with van der Waals surface area (Å²) in [5.74, 6) is -0.582. The first-order valence-corrected chi connectivity index (χ1v) is 8.92. The summed E-state index contributed by atoms with van der Waals surface area (Å²) in [6.07, 6.45) is 2.44. The Kier molecular flexibility index (Phi) is 7.25. The molecule has 0 radical (unpaired) electrons. The van der Waals surface area contributed by atoms with E-state index in [0.717, 1.165) is 12.8 Å². The Hall–Kier alpha value is -2.08. The quantitative estimate of drug-likeness (QED) is 0.792. The van der Waals surface area contributed by atoms with Crippen LogP contribution in [-0.4, -0.2) is 66.7 Å². The zero-order valence-corrected chi connectivity index (χ0v) is 15.1. The molecule has 1 fully saturated rings. The third-order valence-electron chi connectivity index (χ3n) is 4.91. The number of nitrogens with one attached hydrogen (secondary N) is 1. The van der Waals surface area contributed by atoms with Crippen LogP contribution in [0.4, 0.5) is 4.79 Å². The summed E-state index contributed by atoms with van der Waals surface area (Å²) in [4.78, 5) is 27.3. The third kappa shape index (κ3) is 6.05. The van der Waals surface area contributed by atoms with E-state index in [1.54, 1.807) is 0 Å². The zero-order chi connectivity index (χ0) is 18.2. The topological polar surface area (TPSA) is 72.9 Å². The predicted octanol–water partition coefficient (Wildman–Crippen LogP) is 2.06. The summed E-state index contributed by atoms with van der Waals surface area (Å²) >= 11 is 0. The Balaban J connectivity index is 1.83. The van der Waals surface area contributed by atoms with Crippen molar-refractivity contribution in [2.24, 2.45) is 5.92 Å². The van der Waals surface area contributed by atoms with Crippen molar-refractivity contribution in [1.82, 2.24) is 15.1 Å². The Bertz CT molecular complexity index is 562. The minimum atomic E-state index is -0.776. The lowest BCUT2D eigenvalue weighted by molar-refractivity contribution is -0.137. The molecule has 138 valence electrons. The highest BCUT2D eigenvalue weighted by Gasteiger charge is 2.32. The molecule has 0 aliphatic carbocycles. The smallest absolute Gasteiger partial charge is 0.317 e. The molecule has 1 aliphatic rings. The second-order valence-electron chi connectivity index (χ2n) is 6.93. The molecule has 0 spiro atoms. The van der Waals surface area contributed by atoms with E-state index < -0.39 is 5.97 Å². The number of rotatable bonds is 7. The highest BCUT2D eigenvalue weighted by atomic mass is 16.4. The van der Waals surface area contributed by atoms with Gasteiger partial charge in [0, 0.05) is 32.1 Å². The average molecular weight is 347 g/mol. The van der Waals surface area contributed by atoms with Crippen LogP contribution in [0.15, 0.2) is 30.3 Å². The Labute approximate surface area is 149 Å². The lowest BCUT2D eigenvalue weighted by Crippen LogP contribution is -2.53. The highest BCUT2D eigenvalue weighted by Crippen LogP contribution is 2.25. The second kappa shape index (κ2) is 9.42. The number of carboxylic acid groups (broad SMARTS) is 1. The minimum Gasteiger partial charge on any atom is -0.481 e. The van der Waals surface area contributed by atoms with Gasteiger partial charge in [0.25, 0.3) is 0 Å². The van der Waals surface area contributed by atoms with E-state index >= 15 is 0 Å². The normalized spacial score (nSPS) is 20.5. The Morgan fingerprint density at radius 3 is 2.64 bits per heavy atom. The van der Waals surface area contributed by atoms with E-state index in [1.807, 2.05) is 37.2 Å². The van der Waals surface area contributed by atoms with Crippen LogP contribution in [0.5, 0.6) is 0 Å². The number of amides is 2. The van der Waals surface area contributed by atoms with E-state index in [4.69, 9.17) is 5.11 Å². The number of carboxylic acids is 1. The fraction of sp³-hybridized carbons (Fsp3) is 0.579. The number of benzene rings is 1. The van der Waals surface area contributed by atoms with Crippen molar-refractivity contribution >= 4 is 12.0 Å². The van der Waals surface area contributed by atoms with E-state index in [9.17, 15) is 9.59 Å². The molecule has 2 atom stereocenters. The van der Waals surface area contributed by atoms with Gasteiger partial charge >= 0.3 is 12.0 Å². The van der Waals surface area contributed by atoms with Gasteiger partial charge in [0.2, 0.25) is 0 Å². The maximum absolute atomic E-state index is 12.4. The van der Waals surface area contributed by atoms with Gasteiger partial charge in [0.1, 0.15) is 0 Å². The van der Waals surface area contributed by atoms with Gasteiger partial charge in [-0.15, -0.1) is 0 Å². The number of nitrogens with zero attached hydrogens (tertiary/aromatic N) is 2. The van der Waals surface area contributed by atoms with Crippen LogP contribution in [0.25, 0.3) is 0 Å². The van der Waals surface area contributed by atoms with Gasteiger partial charge in [-0.1, -0.05) is 30.3 Å². The van der Waals surface area contributed by atoms with Gasteiger partial charge in [-0.25, -0.2) is 4.79 Å². The van der Waals surface area contributed by atoms with E-state index in [-0.39, 0.29) is 18.4 Å². The van der Waals surface area contributed by atoms with Crippen LogP contribution in [0.3, 0.4) is 0 Å². The first-order chi connectivity index (χ1) is 12.0. The molecule has 6 nitrogen and oxygen atoms in total. The molecule has 0 saturated carbocycles. The van der Waals surface area contributed by atoms with Crippen LogP contribution in [0.1, 0.15) is 24.8 Å². The van der Waals surface area contributed by atoms with Crippen molar-refractivity contribution in [3.63, 3.8) is 0 Å². The molecule has 6 heteroatoms. The number of hydrogen-bond acceptors (Lipinski definition) is 3. The molecule has 0 bridgehead atoms. The van der Waals surface area contributed by atoms with Crippen LogP contribution in [-0.2, 0) is 11.2 Å². The number of carbonyl (C=O) groups is 2. The standard InChI is InChI=1S/C19H29N3O3/c1-21(2)17-11-13-22(14-16(17)8-9-18(23)24)19(25)20-12-10-15-6-4-3-5-7-15/h3-7,16-17H,8-14H2,1-2H3,(H,20,25)(H,23,24)/t16-,17+/m0/s1. The van der Waals surface area contributed by atoms with Gasteiger partial charge in [-0.05, 0) is 44.8 Å². The van der Waals surface area contributed by atoms with Crippen LogP contribution >= 0.6 is 0 Å². The summed E-state index contributed by atoms with van der Waals surface area (Å²) in [5, 5.41) is 11.9. The maximum Gasteiger partial charge on any atom is 0.317 e. The first kappa shape index (κ1) is 19.2. The molecule has 1 aromatic carbocycles. The summed E-state index contributed by atoms with van der Waals surface area (Å²) in [5.41, 5.74) is 1.20. The van der Waals surface area contributed by atoms with E-state index in [1.165, 1.54) is 5.56 Å². The molecule has 25 heavy (non-hydrogen) atoms. The fourth-order valence-corrected chi connectivity index (χ4v) is 3.55. The molecule has 1 aromatic rings. The molecule has 0 unspecified atom stereocenters. The van der Waals surface area contributed by atoms with E-state index in [2.05, 4.69) is 22.3 Å². The van der Waals surface area contributed by atoms with Gasteiger partial charge in [-0.3, -0.25) is 4.79 Å². The van der Waals surface area contributed by atoms with Crippen LogP contribution in [0, 0.1) is 5.92 Å². The van der Waals surface area contributed by atoms with E-state index in [0.29, 0.717) is 32.1 Å².